The van der Waals surface area contributed by atoms with Crippen molar-refractivity contribution in [2.75, 3.05) is 6.54 Å². The minimum atomic E-state index is -0.610. The standard InChI is InChI=1S/C16H17BrClNO/c1-11(12-6-8-13(17)9-7-12)19-10-16(20)14-4-2-3-5-15(14)18/h2-9,11,16,19-20H,10H2,1H3. The Kier molecular flexibility index (Phi) is 5.61. The molecule has 0 amide bonds. The Balaban J connectivity index is 1.95. The van der Waals surface area contributed by atoms with E-state index in [0.29, 0.717) is 11.6 Å². The molecule has 4 heteroatoms. The number of hydrogen-bond acceptors (Lipinski definition) is 2. The molecule has 2 aromatic rings. The van der Waals surface area contributed by atoms with Gasteiger partial charge in [-0.2, -0.15) is 0 Å². The van der Waals surface area contributed by atoms with Crippen LogP contribution in [0.25, 0.3) is 0 Å². The smallest absolute Gasteiger partial charge is 0.0928 e. The molecule has 0 fully saturated rings. The van der Waals surface area contributed by atoms with Crippen molar-refractivity contribution in [1.29, 1.82) is 0 Å². The summed E-state index contributed by atoms with van der Waals surface area (Å²) in [5.41, 5.74) is 1.93. The average Bonchev–Trinajstić information content (AvgIpc) is 2.45. The summed E-state index contributed by atoms with van der Waals surface area (Å²) >= 11 is 9.50. The van der Waals surface area contributed by atoms with Crippen molar-refractivity contribution in [3.63, 3.8) is 0 Å². The lowest BCUT2D eigenvalue weighted by atomic mass is 10.1. The fourth-order valence-corrected chi connectivity index (χ4v) is 2.54. The Bertz CT molecular complexity index is 559. The number of benzene rings is 2. The van der Waals surface area contributed by atoms with Crippen LogP contribution in [0.1, 0.15) is 30.2 Å². The number of aliphatic hydroxyl groups is 1. The van der Waals surface area contributed by atoms with Crippen LogP contribution in [-0.2, 0) is 0 Å². The topological polar surface area (TPSA) is 32.3 Å². The molecule has 0 radical (unpaired) electrons. The van der Waals surface area contributed by atoms with Crippen molar-refractivity contribution >= 4 is 27.5 Å². The van der Waals surface area contributed by atoms with Crippen LogP contribution < -0.4 is 5.32 Å². The van der Waals surface area contributed by atoms with E-state index in [1.807, 2.05) is 30.3 Å². The Hall–Kier alpha value is -0.870. The van der Waals surface area contributed by atoms with E-state index in [9.17, 15) is 5.11 Å². The highest BCUT2D eigenvalue weighted by Gasteiger charge is 2.12. The predicted octanol–water partition coefficient (Wildman–Crippen LogP) is 4.49. The van der Waals surface area contributed by atoms with Crippen LogP contribution in [-0.4, -0.2) is 11.7 Å². The van der Waals surface area contributed by atoms with E-state index in [-0.39, 0.29) is 6.04 Å². The first-order valence-corrected chi connectivity index (χ1v) is 7.66. The van der Waals surface area contributed by atoms with Gasteiger partial charge >= 0.3 is 0 Å². The van der Waals surface area contributed by atoms with E-state index in [1.165, 1.54) is 5.56 Å². The molecular weight excluding hydrogens is 338 g/mol. The maximum Gasteiger partial charge on any atom is 0.0928 e. The van der Waals surface area contributed by atoms with E-state index in [4.69, 9.17) is 11.6 Å². The fraction of sp³-hybridized carbons (Fsp3) is 0.250. The molecule has 0 spiro atoms. The summed E-state index contributed by atoms with van der Waals surface area (Å²) in [6.07, 6.45) is -0.610. The molecule has 0 saturated carbocycles. The lowest BCUT2D eigenvalue weighted by Gasteiger charge is -2.18. The van der Waals surface area contributed by atoms with Crippen molar-refractivity contribution < 1.29 is 5.11 Å². The lowest BCUT2D eigenvalue weighted by Crippen LogP contribution is -2.24. The second kappa shape index (κ2) is 7.23. The van der Waals surface area contributed by atoms with Crippen molar-refractivity contribution in [3.05, 3.63) is 69.2 Å². The third-order valence-corrected chi connectivity index (χ3v) is 4.12. The lowest BCUT2D eigenvalue weighted by molar-refractivity contribution is 0.171. The molecular formula is C16H17BrClNO. The molecule has 0 heterocycles. The maximum absolute atomic E-state index is 10.2. The third kappa shape index (κ3) is 4.06. The highest BCUT2D eigenvalue weighted by atomic mass is 79.9. The number of nitrogens with one attached hydrogen (secondary N) is 1. The molecule has 2 nitrogen and oxygen atoms in total. The molecule has 0 aliphatic heterocycles. The first-order chi connectivity index (χ1) is 9.58. The molecule has 2 atom stereocenters. The molecule has 0 aromatic heterocycles. The molecule has 0 bridgehead atoms. The molecule has 2 aromatic carbocycles. The van der Waals surface area contributed by atoms with E-state index in [2.05, 4.69) is 40.3 Å². The number of hydrogen-bond donors (Lipinski definition) is 2. The fourth-order valence-electron chi connectivity index (χ4n) is 2.01. The van der Waals surface area contributed by atoms with Gasteiger partial charge in [-0.1, -0.05) is 57.9 Å². The molecule has 2 unspecified atom stereocenters. The normalized spacial score (nSPS) is 14.0. The van der Waals surface area contributed by atoms with Gasteiger partial charge in [0.2, 0.25) is 0 Å². The summed E-state index contributed by atoms with van der Waals surface area (Å²) in [5.74, 6) is 0. The largest absolute Gasteiger partial charge is 0.387 e. The first-order valence-electron chi connectivity index (χ1n) is 6.49. The van der Waals surface area contributed by atoms with Crippen molar-refractivity contribution in [3.8, 4) is 0 Å². The highest BCUT2D eigenvalue weighted by molar-refractivity contribution is 9.10. The van der Waals surface area contributed by atoms with Crippen LogP contribution >= 0.6 is 27.5 Å². The molecule has 20 heavy (non-hydrogen) atoms. The maximum atomic E-state index is 10.2. The third-order valence-electron chi connectivity index (χ3n) is 3.25. The molecule has 0 saturated heterocycles. The van der Waals surface area contributed by atoms with Gasteiger partial charge < -0.3 is 10.4 Å². The van der Waals surface area contributed by atoms with Gasteiger partial charge in [0.1, 0.15) is 0 Å². The van der Waals surface area contributed by atoms with Crippen LogP contribution in [0.2, 0.25) is 5.02 Å². The SMILES string of the molecule is CC(NCC(O)c1ccccc1Cl)c1ccc(Br)cc1. The van der Waals surface area contributed by atoms with Crippen LogP contribution in [0.5, 0.6) is 0 Å². The van der Waals surface area contributed by atoms with Gasteiger partial charge in [-0.25, -0.2) is 0 Å². The van der Waals surface area contributed by atoms with Crippen molar-refractivity contribution in [2.45, 2.75) is 19.1 Å². The quantitative estimate of drug-likeness (QED) is 0.829. The van der Waals surface area contributed by atoms with E-state index >= 15 is 0 Å². The summed E-state index contributed by atoms with van der Waals surface area (Å²) in [6.45, 7) is 2.53. The van der Waals surface area contributed by atoms with Crippen LogP contribution in [0.3, 0.4) is 0 Å². The summed E-state index contributed by atoms with van der Waals surface area (Å²) in [5, 5.41) is 14.1. The zero-order chi connectivity index (χ0) is 14.5. The first kappa shape index (κ1) is 15.5. The number of aliphatic hydroxyl groups excluding tert-OH is 1. The Morgan fingerprint density at radius 1 is 1.15 bits per heavy atom. The molecule has 2 rings (SSSR count). The zero-order valence-electron chi connectivity index (χ0n) is 11.2. The van der Waals surface area contributed by atoms with Gasteiger partial charge in [0.15, 0.2) is 0 Å². The van der Waals surface area contributed by atoms with E-state index in [0.717, 1.165) is 10.0 Å². The van der Waals surface area contributed by atoms with Gasteiger partial charge in [-0.15, -0.1) is 0 Å². The van der Waals surface area contributed by atoms with Gasteiger partial charge in [0.05, 0.1) is 6.10 Å². The van der Waals surface area contributed by atoms with Gasteiger partial charge in [-0.05, 0) is 30.7 Å². The van der Waals surface area contributed by atoms with Crippen LogP contribution in [0, 0.1) is 0 Å². The minimum absolute atomic E-state index is 0.167. The Morgan fingerprint density at radius 3 is 2.45 bits per heavy atom. The van der Waals surface area contributed by atoms with Gasteiger partial charge in [-0.3, -0.25) is 0 Å². The Morgan fingerprint density at radius 2 is 1.80 bits per heavy atom. The monoisotopic (exact) mass is 353 g/mol. The van der Waals surface area contributed by atoms with Gasteiger partial charge in [0.25, 0.3) is 0 Å². The summed E-state index contributed by atoms with van der Waals surface area (Å²) < 4.78 is 1.06. The van der Waals surface area contributed by atoms with Gasteiger partial charge in [0, 0.05) is 27.6 Å². The minimum Gasteiger partial charge on any atom is -0.387 e. The highest BCUT2D eigenvalue weighted by Crippen LogP contribution is 2.23. The van der Waals surface area contributed by atoms with E-state index in [1.54, 1.807) is 6.07 Å². The van der Waals surface area contributed by atoms with Crippen LogP contribution in [0.4, 0.5) is 0 Å². The summed E-state index contributed by atoms with van der Waals surface area (Å²) in [6, 6.07) is 15.7. The van der Waals surface area contributed by atoms with E-state index < -0.39 is 6.10 Å². The second-order valence-electron chi connectivity index (χ2n) is 4.72. The van der Waals surface area contributed by atoms with Crippen molar-refractivity contribution in [2.24, 2.45) is 0 Å². The molecule has 106 valence electrons. The Labute approximate surface area is 132 Å². The predicted molar refractivity (Wildman–Crippen MR) is 87.0 cm³/mol. The molecule has 0 aliphatic carbocycles. The summed E-state index contributed by atoms with van der Waals surface area (Å²) in [4.78, 5) is 0. The molecule has 0 aliphatic rings. The average molecular weight is 355 g/mol. The number of rotatable bonds is 5. The van der Waals surface area contributed by atoms with Crippen LogP contribution in [0.15, 0.2) is 53.0 Å². The zero-order valence-corrected chi connectivity index (χ0v) is 13.5. The summed E-state index contributed by atoms with van der Waals surface area (Å²) in [7, 11) is 0. The molecule has 2 N–H and O–H groups in total. The van der Waals surface area contributed by atoms with Crippen molar-refractivity contribution in [1.82, 2.24) is 5.32 Å². The number of halogens is 2. The second-order valence-corrected chi connectivity index (χ2v) is 6.04.